The zero-order valence-corrected chi connectivity index (χ0v) is 12.2. The summed E-state index contributed by atoms with van der Waals surface area (Å²) in [5.41, 5.74) is -0.612. The number of hydrogen-bond acceptors (Lipinski definition) is 3. The van der Waals surface area contributed by atoms with Gasteiger partial charge in [0.2, 0.25) is 6.08 Å². The second kappa shape index (κ2) is 6.98. The van der Waals surface area contributed by atoms with Crippen LogP contribution in [-0.4, -0.2) is 18.4 Å². The quantitative estimate of drug-likeness (QED) is 0.401. The van der Waals surface area contributed by atoms with Gasteiger partial charge in [-0.2, -0.15) is 31.3 Å². The molecular formula is C16H9F6NO2. The first-order valence-corrected chi connectivity index (χ1v) is 6.70. The Bertz CT molecular complexity index is 745. The van der Waals surface area contributed by atoms with Gasteiger partial charge in [-0.15, -0.1) is 0 Å². The lowest BCUT2D eigenvalue weighted by Gasteiger charge is -2.23. The van der Waals surface area contributed by atoms with Crippen LogP contribution in [0.4, 0.5) is 32.0 Å². The molecule has 0 bridgehead atoms. The molecule has 0 spiro atoms. The predicted octanol–water partition coefficient (Wildman–Crippen LogP) is 5.65. The van der Waals surface area contributed by atoms with Crippen molar-refractivity contribution in [3.63, 3.8) is 0 Å². The number of halogens is 6. The average Bonchev–Trinajstić information content (AvgIpc) is 2.49. The number of ether oxygens (including phenoxy) is 1. The molecule has 0 unspecified atom stereocenters. The Morgan fingerprint density at radius 2 is 1.24 bits per heavy atom. The molecule has 0 saturated heterocycles. The molecule has 25 heavy (non-hydrogen) atoms. The zero-order chi connectivity index (χ0) is 18.7. The van der Waals surface area contributed by atoms with E-state index in [-0.39, 0.29) is 11.5 Å². The van der Waals surface area contributed by atoms with Gasteiger partial charge in [0.1, 0.15) is 11.5 Å². The van der Waals surface area contributed by atoms with E-state index in [4.69, 9.17) is 4.74 Å². The topological polar surface area (TPSA) is 38.7 Å². The Kier molecular flexibility index (Phi) is 5.18. The number of carbonyl (C=O) groups excluding carboxylic acids is 1. The van der Waals surface area contributed by atoms with Crippen LogP contribution in [-0.2, 0) is 4.79 Å². The van der Waals surface area contributed by atoms with E-state index < -0.39 is 23.8 Å². The lowest BCUT2D eigenvalue weighted by atomic mass is 9.98. The molecule has 0 radical (unpaired) electrons. The van der Waals surface area contributed by atoms with Crippen LogP contribution < -0.4 is 4.74 Å². The minimum Gasteiger partial charge on any atom is -0.457 e. The Balaban J connectivity index is 2.20. The first-order valence-electron chi connectivity index (χ1n) is 6.70. The van der Waals surface area contributed by atoms with Crippen molar-refractivity contribution in [1.29, 1.82) is 0 Å². The fraction of sp³-hybridized carbons (Fsp3) is 0.188. The summed E-state index contributed by atoms with van der Waals surface area (Å²) in [6.07, 6.45) is -9.55. The van der Waals surface area contributed by atoms with Crippen molar-refractivity contribution in [1.82, 2.24) is 0 Å². The molecule has 0 amide bonds. The molecule has 2 rings (SSSR count). The highest BCUT2D eigenvalue weighted by Crippen LogP contribution is 2.46. The van der Waals surface area contributed by atoms with Crippen molar-refractivity contribution in [2.45, 2.75) is 18.3 Å². The van der Waals surface area contributed by atoms with Gasteiger partial charge in [-0.1, -0.05) is 12.1 Å². The number of isocyanates is 1. The van der Waals surface area contributed by atoms with Crippen LogP contribution in [0.1, 0.15) is 11.5 Å². The van der Waals surface area contributed by atoms with Crippen molar-refractivity contribution < 1.29 is 35.9 Å². The summed E-state index contributed by atoms with van der Waals surface area (Å²) < 4.78 is 81.3. The highest BCUT2D eigenvalue weighted by Gasteiger charge is 2.57. The van der Waals surface area contributed by atoms with Crippen molar-refractivity contribution in [2.24, 2.45) is 4.99 Å². The van der Waals surface area contributed by atoms with Crippen LogP contribution in [0.2, 0.25) is 0 Å². The molecule has 2 aromatic rings. The molecule has 0 N–H and O–H groups in total. The molecule has 0 atom stereocenters. The normalized spacial score (nSPS) is 12.0. The van der Waals surface area contributed by atoms with Crippen molar-refractivity contribution in [2.75, 3.05) is 0 Å². The second-order valence-corrected chi connectivity index (χ2v) is 4.88. The Morgan fingerprint density at radius 3 is 1.64 bits per heavy atom. The van der Waals surface area contributed by atoms with Gasteiger partial charge in [-0.05, 0) is 42.0 Å². The van der Waals surface area contributed by atoms with Crippen molar-refractivity contribution in [3.8, 4) is 11.5 Å². The average molecular weight is 361 g/mol. The summed E-state index contributed by atoms with van der Waals surface area (Å²) >= 11 is 0. The summed E-state index contributed by atoms with van der Waals surface area (Å²) in [5, 5.41) is 0. The van der Waals surface area contributed by atoms with E-state index in [0.717, 1.165) is 12.1 Å². The lowest BCUT2D eigenvalue weighted by Crippen LogP contribution is -2.34. The van der Waals surface area contributed by atoms with Gasteiger partial charge in [0.25, 0.3) is 0 Å². The molecule has 0 aliphatic heterocycles. The molecule has 132 valence electrons. The molecule has 0 heterocycles. The van der Waals surface area contributed by atoms with E-state index in [1.807, 2.05) is 0 Å². The van der Waals surface area contributed by atoms with E-state index in [0.29, 0.717) is 17.8 Å². The first-order chi connectivity index (χ1) is 11.6. The third kappa shape index (κ3) is 4.84. The first kappa shape index (κ1) is 18.5. The predicted molar refractivity (Wildman–Crippen MR) is 75.6 cm³/mol. The number of alkyl halides is 6. The fourth-order valence-corrected chi connectivity index (χ4v) is 2.07. The number of nitrogens with zero attached hydrogens (tertiary/aromatic N) is 1. The van der Waals surface area contributed by atoms with Crippen molar-refractivity contribution >= 4 is 11.8 Å². The molecular weight excluding hydrogens is 352 g/mol. The number of hydrogen-bond donors (Lipinski definition) is 0. The van der Waals surface area contributed by atoms with Crippen LogP contribution in [0.15, 0.2) is 53.5 Å². The third-order valence-electron chi connectivity index (χ3n) is 3.12. The van der Waals surface area contributed by atoms with Gasteiger partial charge in [-0.3, -0.25) is 0 Å². The van der Waals surface area contributed by atoms with Gasteiger partial charge in [-0.25, -0.2) is 4.79 Å². The fourth-order valence-electron chi connectivity index (χ4n) is 2.07. The number of rotatable bonds is 4. The van der Waals surface area contributed by atoms with E-state index >= 15 is 0 Å². The third-order valence-corrected chi connectivity index (χ3v) is 3.12. The summed E-state index contributed by atoms with van der Waals surface area (Å²) in [7, 11) is 0. The largest absolute Gasteiger partial charge is 0.457 e. The zero-order valence-electron chi connectivity index (χ0n) is 12.2. The van der Waals surface area contributed by atoms with E-state index in [2.05, 4.69) is 4.99 Å². The highest BCUT2D eigenvalue weighted by atomic mass is 19.4. The number of benzene rings is 2. The maximum Gasteiger partial charge on any atom is 0.404 e. The van der Waals surface area contributed by atoms with Crippen LogP contribution in [0.5, 0.6) is 11.5 Å². The lowest BCUT2D eigenvalue weighted by molar-refractivity contribution is -0.253. The monoisotopic (exact) mass is 361 g/mol. The van der Waals surface area contributed by atoms with Gasteiger partial charge in [0, 0.05) is 0 Å². The molecule has 0 saturated carbocycles. The Labute approximate surface area is 137 Å². The van der Waals surface area contributed by atoms with E-state index in [1.165, 1.54) is 30.3 Å². The standard InChI is InChI=1S/C16H9F6NO2/c17-15(18,19)14(16(20,21)22)10-1-5-12(6-2-10)25-13-7-3-11(4-8-13)23-9-24/h1-8,14H. The second-order valence-electron chi connectivity index (χ2n) is 4.88. The van der Waals surface area contributed by atoms with Crippen molar-refractivity contribution in [3.05, 3.63) is 54.1 Å². The molecule has 2 aromatic carbocycles. The molecule has 0 aliphatic carbocycles. The molecule has 0 aromatic heterocycles. The Morgan fingerprint density at radius 1 is 0.800 bits per heavy atom. The van der Waals surface area contributed by atoms with E-state index in [1.54, 1.807) is 0 Å². The molecule has 9 heteroatoms. The summed E-state index contributed by atoms with van der Waals surface area (Å²) in [6.45, 7) is 0. The summed E-state index contributed by atoms with van der Waals surface area (Å²) in [5.74, 6) is -3.24. The Hall–Kier alpha value is -2.80. The molecule has 3 nitrogen and oxygen atoms in total. The maximum absolute atomic E-state index is 12.7. The van der Waals surface area contributed by atoms with Gasteiger partial charge in [0.05, 0.1) is 5.69 Å². The van der Waals surface area contributed by atoms with Crippen LogP contribution >= 0.6 is 0 Å². The van der Waals surface area contributed by atoms with Crippen LogP contribution in [0.3, 0.4) is 0 Å². The minimum absolute atomic E-state index is 0.0542. The molecule has 0 aliphatic rings. The minimum atomic E-state index is -5.45. The van der Waals surface area contributed by atoms with Gasteiger partial charge in [0.15, 0.2) is 5.92 Å². The van der Waals surface area contributed by atoms with Gasteiger partial charge < -0.3 is 4.74 Å². The molecule has 0 fully saturated rings. The van der Waals surface area contributed by atoms with Gasteiger partial charge >= 0.3 is 12.4 Å². The van der Waals surface area contributed by atoms with Crippen LogP contribution in [0.25, 0.3) is 0 Å². The smallest absolute Gasteiger partial charge is 0.404 e. The summed E-state index contributed by atoms with van der Waals surface area (Å²) in [4.78, 5) is 13.5. The number of aliphatic imine (C=N–C) groups is 1. The SMILES string of the molecule is O=C=Nc1ccc(Oc2ccc(C(C(F)(F)F)C(F)(F)F)cc2)cc1. The van der Waals surface area contributed by atoms with E-state index in [9.17, 15) is 31.1 Å². The highest BCUT2D eigenvalue weighted by molar-refractivity contribution is 5.50. The van der Waals surface area contributed by atoms with Crippen LogP contribution in [0, 0.1) is 0 Å². The maximum atomic E-state index is 12.7. The summed E-state index contributed by atoms with van der Waals surface area (Å²) in [6, 6.07) is 9.17.